The second-order valence-electron chi connectivity index (χ2n) is 3.98. The Morgan fingerprint density at radius 3 is 2.41 bits per heavy atom. The Morgan fingerprint density at radius 1 is 1.18 bits per heavy atom. The Hall–Kier alpha value is 0.170. The van der Waals surface area contributed by atoms with Gasteiger partial charge in [-0.3, -0.25) is 0 Å². The van der Waals surface area contributed by atoms with Gasteiger partial charge >= 0.3 is 0 Å². The van der Waals surface area contributed by atoms with Crippen molar-refractivity contribution in [3.8, 4) is 0 Å². The average molecular weight is 395 g/mol. The average Bonchev–Trinajstić information content (AvgIpc) is 2.62. The van der Waals surface area contributed by atoms with E-state index in [1.807, 2.05) is 6.92 Å². The molecule has 1 heterocycles. The van der Waals surface area contributed by atoms with E-state index in [9.17, 15) is 0 Å². The van der Waals surface area contributed by atoms with Crippen LogP contribution in [0, 0.1) is 13.8 Å². The predicted molar refractivity (Wildman–Crippen MR) is 83.7 cm³/mol. The van der Waals surface area contributed by atoms with Crippen LogP contribution in [0.4, 0.5) is 0 Å². The fourth-order valence-electron chi connectivity index (χ4n) is 1.54. The number of hydrogen-bond acceptors (Lipinski definition) is 1. The van der Waals surface area contributed by atoms with Crippen molar-refractivity contribution in [3.05, 3.63) is 54.6 Å². The van der Waals surface area contributed by atoms with Crippen LogP contribution in [-0.2, 0) is 0 Å². The van der Waals surface area contributed by atoms with Crippen LogP contribution in [-0.4, -0.2) is 0 Å². The molecular weight excluding hydrogens is 383 g/mol. The highest BCUT2D eigenvalue weighted by Crippen LogP contribution is 2.39. The first-order chi connectivity index (χ1) is 7.99. The van der Waals surface area contributed by atoms with Crippen molar-refractivity contribution < 1.29 is 0 Å². The summed E-state index contributed by atoms with van der Waals surface area (Å²) in [5.74, 6) is 0. The van der Waals surface area contributed by atoms with E-state index in [0.29, 0.717) is 0 Å². The van der Waals surface area contributed by atoms with Crippen molar-refractivity contribution in [1.29, 1.82) is 0 Å². The Labute approximate surface area is 127 Å². The van der Waals surface area contributed by atoms with Gasteiger partial charge in [-0.05, 0) is 42.7 Å². The lowest BCUT2D eigenvalue weighted by Gasteiger charge is -2.09. The van der Waals surface area contributed by atoms with Crippen molar-refractivity contribution in [2.24, 2.45) is 0 Å². The van der Waals surface area contributed by atoms with E-state index in [1.54, 1.807) is 11.3 Å². The molecule has 0 nitrogen and oxygen atoms in total. The van der Waals surface area contributed by atoms with Crippen LogP contribution in [0.3, 0.4) is 0 Å². The molecule has 1 unspecified atom stereocenters. The quantitative estimate of drug-likeness (QED) is 0.527. The van der Waals surface area contributed by atoms with Crippen molar-refractivity contribution >= 4 is 54.8 Å². The Kier molecular flexibility index (Phi) is 4.35. The maximum Gasteiger partial charge on any atom is 0.0960 e. The Morgan fingerprint density at radius 2 is 1.88 bits per heavy atom. The van der Waals surface area contributed by atoms with Crippen molar-refractivity contribution in [2.75, 3.05) is 0 Å². The summed E-state index contributed by atoms with van der Waals surface area (Å²) >= 11 is 15.0. The highest BCUT2D eigenvalue weighted by molar-refractivity contribution is 9.10. The van der Waals surface area contributed by atoms with Gasteiger partial charge in [0.25, 0.3) is 0 Å². The fourth-order valence-corrected chi connectivity index (χ4v) is 3.86. The maximum absolute atomic E-state index is 6.11. The van der Waals surface area contributed by atoms with E-state index in [-0.39, 0.29) is 4.83 Å². The van der Waals surface area contributed by atoms with Gasteiger partial charge < -0.3 is 0 Å². The molecular formula is C13H11Br2ClS. The zero-order chi connectivity index (χ0) is 12.6. The van der Waals surface area contributed by atoms with E-state index in [4.69, 9.17) is 11.6 Å². The second kappa shape index (κ2) is 5.43. The van der Waals surface area contributed by atoms with Crippen LogP contribution >= 0.6 is 54.8 Å². The minimum absolute atomic E-state index is 0.204. The zero-order valence-electron chi connectivity index (χ0n) is 9.43. The number of hydrogen-bond donors (Lipinski definition) is 0. The number of rotatable bonds is 2. The Bertz CT molecular complexity index is 529. The van der Waals surface area contributed by atoms with Crippen LogP contribution in [0.25, 0.3) is 0 Å². The van der Waals surface area contributed by atoms with Gasteiger partial charge in [0.1, 0.15) is 0 Å². The van der Waals surface area contributed by atoms with Gasteiger partial charge in [-0.25, -0.2) is 0 Å². The molecule has 1 atom stereocenters. The molecule has 0 spiro atoms. The molecule has 0 amide bonds. The fraction of sp³-hybridized carbons (Fsp3) is 0.231. The Balaban J connectivity index is 2.36. The summed E-state index contributed by atoms with van der Waals surface area (Å²) < 4.78 is 2.01. The van der Waals surface area contributed by atoms with E-state index >= 15 is 0 Å². The van der Waals surface area contributed by atoms with Crippen LogP contribution in [0.15, 0.2) is 28.7 Å². The standard InChI is InChI=1S/C13H11Br2ClS/c1-7-3-4-9(6-10(7)14)12(15)11-5-8(2)13(16)17-11/h3-6,12H,1-2H3. The van der Waals surface area contributed by atoms with Gasteiger partial charge in [0, 0.05) is 9.35 Å². The number of halogens is 3. The summed E-state index contributed by atoms with van der Waals surface area (Å²) in [6.45, 7) is 4.12. The van der Waals surface area contributed by atoms with Gasteiger partial charge in [-0.15, -0.1) is 11.3 Å². The van der Waals surface area contributed by atoms with Crippen LogP contribution in [0.1, 0.15) is 26.4 Å². The lowest BCUT2D eigenvalue weighted by molar-refractivity contribution is 1.20. The van der Waals surface area contributed by atoms with Crippen LogP contribution < -0.4 is 0 Å². The molecule has 0 aliphatic carbocycles. The van der Waals surface area contributed by atoms with E-state index in [0.717, 1.165) is 14.4 Å². The minimum atomic E-state index is 0.204. The number of benzene rings is 1. The van der Waals surface area contributed by atoms with E-state index in [2.05, 4.69) is 63.0 Å². The molecule has 4 heteroatoms. The van der Waals surface area contributed by atoms with Crippen molar-refractivity contribution in [1.82, 2.24) is 0 Å². The first-order valence-electron chi connectivity index (χ1n) is 5.15. The zero-order valence-corrected chi connectivity index (χ0v) is 14.2. The normalized spacial score (nSPS) is 12.8. The first-order valence-corrected chi connectivity index (χ1v) is 8.05. The molecule has 2 rings (SSSR count). The van der Waals surface area contributed by atoms with Gasteiger partial charge in [-0.1, -0.05) is 55.6 Å². The molecule has 0 radical (unpaired) electrons. The van der Waals surface area contributed by atoms with Gasteiger partial charge in [0.2, 0.25) is 0 Å². The highest BCUT2D eigenvalue weighted by atomic mass is 79.9. The summed E-state index contributed by atoms with van der Waals surface area (Å²) in [6.07, 6.45) is 0. The summed E-state index contributed by atoms with van der Waals surface area (Å²) in [5, 5.41) is 0. The number of thiophene rings is 1. The molecule has 17 heavy (non-hydrogen) atoms. The predicted octanol–water partition coefficient (Wildman–Crippen LogP) is 6.27. The lowest BCUT2D eigenvalue weighted by Crippen LogP contribution is -1.90. The molecule has 1 aromatic carbocycles. The molecule has 2 aromatic rings. The van der Waals surface area contributed by atoms with Gasteiger partial charge in [0.15, 0.2) is 0 Å². The molecule has 0 fully saturated rings. The largest absolute Gasteiger partial charge is 0.127 e. The number of aryl methyl sites for hydroxylation is 2. The summed E-state index contributed by atoms with van der Waals surface area (Å²) in [5.41, 5.74) is 3.62. The first kappa shape index (κ1) is 13.6. The topological polar surface area (TPSA) is 0 Å². The lowest BCUT2D eigenvalue weighted by atomic mass is 10.1. The minimum Gasteiger partial charge on any atom is -0.127 e. The molecule has 0 saturated carbocycles. The SMILES string of the molecule is Cc1ccc(C(Br)c2cc(C)c(Cl)s2)cc1Br. The summed E-state index contributed by atoms with van der Waals surface area (Å²) in [6, 6.07) is 8.55. The van der Waals surface area contributed by atoms with Crippen molar-refractivity contribution in [3.63, 3.8) is 0 Å². The number of alkyl halides is 1. The monoisotopic (exact) mass is 392 g/mol. The molecule has 1 aromatic heterocycles. The van der Waals surface area contributed by atoms with E-state index in [1.165, 1.54) is 16.0 Å². The van der Waals surface area contributed by atoms with Gasteiger partial charge in [-0.2, -0.15) is 0 Å². The smallest absolute Gasteiger partial charge is 0.0960 e. The van der Waals surface area contributed by atoms with Crippen LogP contribution in [0.5, 0.6) is 0 Å². The summed E-state index contributed by atoms with van der Waals surface area (Å²) in [7, 11) is 0. The van der Waals surface area contributed by atoms with E-state index < -0.39 is 0 Å². The molecule has 0 aliphatic heterocycles. The molecule has 0 N–H and O–H groups in total. The molecule has 0 bridgehead atoms. The maximum atomic E-state index is 6.11. The molecule has 0 saturated heterocycles. The molecule has 90 valence electrons. The summed E-state index contributed by atoms with van der Waals surface area (Å²) in [4.78, 5) is 1.44. The third-order valence-corrected chi connectivity index (χ3v) is 6.41. The highest BCUT2D eigenvalue weighted by Gasteiger charge is 2.15. The second-order valence-corrected chi connectivity index (χ2v) is 7.43. The van der Waals surface area contributed by atoms with Crippen molar-refractivity contribution in [2.45, 2.75) is 18.7 Å². The third kappa shape index (κ3) is 2.95. The molecule has 0 aliphatic rings. The third-order valence-electron chi connectivity index (χ3n) is 2.61. The van der Waals surface area contributed by atoms with Crippen LogP contribution in [0.2, 0.25) is 4.34 Å². The van der Waals surface area contributed by atoms with Gasteiger partial charge in [0.05, 0.1) is 9.16 Å².